The predicted molar refractivity (Wildman–Crippen MR) is 115 cm³/mol. The van der Waals surface area contributed by atoms with E-state index in [0.29, 0.717) is 24.3 Å². The standard InChI is InChI=1S/C22H27BrClNO2/c1-2-26-21-13-16(14-25-18-9-4-3-5-10-18)12-19(23)22(21)27-15-17-8-6-7-11-20(17)24/h6-8,11-13,18,25H,2-5,9-10,14-15H2,1H3. The first-order chi connectivity index (χ1) is 13.2. The number of hydrogen-bond donors (Lipinski definition) is 1. The van der Waals surface area contributed by atoms with Gasteiger partial charge in [-0.15, -0.1) is 0 Å². The summed E-state index contributed by atoms with van der Waals surface area (Å²) in [6.07, 6.45) is 6.59. The van der Waals surface area contributed by atoms with E-state index < -0.39 is 0 Å². The van der Waals surface area contributed by atoms with E-state index in [9.17, 15) is 0 Å². The van der Waals surface area contributed by atoms with Crippen molar-refractivity contribution in [3.05, 3.63) is 57.0 Å². The second kappa shape index (κ2) is 10.4. The van der Waals surface area contributed by atoms with E-state index >= 15 is 0 Å². The van der Waals surface area contributed by atoms with Crippen molar-refractivity contribution in [2.45, 2.75) is 58.2 Å². The lowest BCUT2D eigenvalue weighted by molar-refractivity contribution is 0.267. The number of hydrogen-bond acceptors (Lipinski definition) is 3. The van der Waals surface area contributed by atoms with Gasteiger partial charge >= 0.3 is 0 Å². The van der Waals surface area contributed by atoms with Crippen molar-refractivity contribution in [3.8, 4) is 11.5 Å². The summed E-state index contributed by atoms with van der Waals surface area (Å²) in [5.74, 6) is 1.48. The topological polar surface area (TPSA) is 30.5 Å². The lowest BCUT2D eigenvalue weighted by Crippen LogP contribution is -2.30. The zero-order valence-corrected chi connectivity index (χ0v) is 18.1. The summed E-state index contributed by atoms with van der Waals surface area (Å²) in [5, 5.41) is 4.39. The van der Waals surface area contributed by atoms with Crippen molar-refractivity contribution < 1.29 is 9.47 Å². The molecular formula is C22H27BrClNO2. The summed E-state index contributed by atoms with van der Waals surface area (Å²) in [4.78, 5) is 0. The van der Waals surface area contributed by atoms with Gasteiger partial charge in [-0.2, -0.15) is 0 Å². The quantitative estimate of drug-likeness (QED) is 0.495. The summed E-state index contributed by atoms with van der Waals surface area (Å²) < 4.78 is 12.8. The highest BCUT2D eigenvalue weighted by molar-refractivity contribution is 9.10. The van der Waals surface area contributed by atoms with Gasteiger partial charge in [0, 0.05) is 23.2 Å². The molecule has 0 aliphatic heterocycles. The molecule has 0 heterocycles. The van der Waals surface area contributed by atoms with Crippen LogP contribution < -0.4 is 14.8 Å². The van der Waals surface area contributed by atoms with Gasteiger partial charge < -0.3 is 14.8 Å². The lowest BCUT2D eigenvalue weighted by atomic mass is 9.95. The molecule has 27 heavy (non-hydrogen) atoms. The molecule has 0 spiro atoms. The molecule has 0 unspecified atom stereocenters. The maximum absolute atomic E-state index is 6.24. The van der Waals surface area contributed by atoms with Crippen molar-refractivity contribution in [2.75, 3.05) is 6.61 Å². The Morgan fingerprint density at radius 3 is 2.63 bits per heavy atom. The minimum atomic E-state index is 0.401. The predicted octanol–water partition coefficient (Wildman–Crippen LogP) is 6.50. The van der Waals surface area contributed by atoms with Gasteiger partial charge in [-0.3, -0.25) is 0 Å². The number of benzene rings is 2. The molecule has 0 amide bonds. The van der Waals surface area contributed by atoms with E-state index in [1.165, 1.54) is 37.7 Å². The van der Waals surface area contributed by atoms with Crippen LogP contribution in [0.15, 0.2) is 40.9 Å². The highest BCUT2D eigenvalue weighted by atomic mass is 79.9. The Hall–Kier alpha value is -1.23. The van der Waals surface area contributed by atoms with Crippen molar-refractivity contribution in [1.29, 1.82) is 0 Å². The zero-order valence-electron chi connectivity index (χ0n) is 15.8. The highest BCUT2D eigenvalue weighted by Gasteiger charge is 2.16. The Morgan fingerprint density at radius 2 is 1.89 bits per heavy atom. The molecule has 146 valence electrons. The van der Waals surface area contributed by atoms with Gasteiger partial charge in [-0.05, 0) is 59.5 Å². The third kappa shape index (κ3) is 5.87. The van der Waals surface area contributed by atoms with Crippen LogP contribution in [-0.2, 0) is 13.2 Å². The van der Waals surface area contributed by atoms with E-state index in [2.05, 4.69) is 33.4 Å². The minimum absolute atomic E-state index is 0.401. The molecule has 0 atom stereocenters. The van der Waals surface area contributed by atoms with Crippen LogP contribution in [0.5, 0.6) is 11.5 Å². The fraction of sp³-hybridized carbons (Fsp3) is 0.455. The van der Waals surface area contributed by atoms with E-state index in [0.717, 1.165) is 28.1 Å². The van der Waals surface area contributed by atoms with Crippen molar-refractivity contribution in [2.24, 2.45) is 0 Å². The summed E-state index contributed by atoms with van der Waals surface area (Å²) in [6, 6.07) is 12.5. The lowest BCUT2D eigenvalue weighted by Gasteiger charge is -2.23. The van der Waals surface area contributed by atoms with Crippen LogP contribution in [0.4, 0.5) is 0 Å². The zero-order chi connectivity index (χ0) is 19.1. The Bertz CT molecular complexity index is 747. The molecule has 2 aromatic rings. The number of ether oxygens (including phenoxy) is 2. The van der Waals surface area contributed by atoms with E-state index in [4.69, 9.17) is 21.1 Å². The molecule has 1 aliphatic carbocycles. The number of nitrogens with one attached hydrogen (secondary N) is 1. The maximum atomic E-state index is 6.24. The van der Waals surface area contributed by atoms with Crippen LogP contribution in [0.3, 0.4) is 0 Å². The summed E-state index contributed by atoms with van der Waals surface area (Å²) in [6.45, 7) is 3.82. The second-order valence-corrected chi connectivity index (χ2v) is 8.20. The molecule has 1 aliphatic rings. The van der Waals surface area contributed by atoms with Gasteiger partial charge in [0.15, 0.2) is 11.5 Å². The Kier molecular flexibility index (Phi) is 7.86. The van der Waals surface area contributed by atoms with E-state index in [-0.39, 0.29) is 0 Å². The Labute approximate surface area is 175 Å². The molecule has 3 nitrogen and oxygen atoms in total. The smallest absolute Gasteiger partial charge is 0.175 e. The summed E-state index contributed by atoms with van der Waals surface area (Å²) in [5.41, 5.74) is 2.15. The van der Waals surface area contributed by atoms with Gasteiger partial charge in [-0.25, -0.2) is 0 Å². The molecule has 1 saturated carbocycles. The van der Waals surface area contributed by atoms with E-state index in [1.807, 2.05) is 31.2 Å². The van der Waals surface area contributed by atoms with Crippen LogP contribution in [0.2, 0.25) is 5.02 Å². The molecule has 1 N–H and O–H groups in total. The van der Waals surface area contributed by atoms with Crippen LogP contribution in [0, 0.1) is 0 Å². The van der Waals surface area contributed by atoms with Gasteiger partial charge in [0.1, 0.15) is 6.61 Å². The summed E-state index contributed by atoms with van der Waals surface area (Å²) >= 11 is 9.90. The molecule has 0 radical (unpaired) electrons. The van der Waals surface area contributed by atoms with Crippen molar-refractivity contribution in [3.63, 3.8) is 0 Å². The fourth-order valence-electron chi connectivity index (χ4n) is 3.46. The van der Waals surface area contributed by atoms with Gasteiger partial charge in [0.05, 0.1) is 11.1 Å². The van der Waals surface area contributed by atoms with Crippen molar-refractivity contribution >= 4 is 27.5 Å². The number of rotatable bonds is 8. The molecule has 0 aromatic heterocycles. The van der Waals surface area contributed by atoms with Gasteiger partial charge in [-0.1, -0.05) is 49.1 Å². The largest absolute Gasteiger partial charge is 0.490 e. The van der Waals surface area contributed by atoms with Gasteiger partial charge in [0.2, 0.25) is 0 Å². The molecule has 0 bridgehead atoms. The van der Waals surface area contributed by atoms with Gasteiger partial charge in [0.25, 0.3) is 0 Å². The molecule has 3 rings (SSSR count). The van der Waals surface area contributed by atoms with Crippen LogP contribution >= 0.6 is 27.5 Å². The minimum Gasteiger partial charge on any atom is -0.490 e. The Morgan fingerprint density at radius 1 is 1.11 bits per heavy atom. The Balaban J connectivity index is 1.70. The molecular weight excluding hydrogens is 426 g/mol. The van der Waals surface area contributed by atoms with Crippen molar-refractivity contribution in [1.82, 2.24) is 5.32 Å². The normalized spacial score (nSPS) is 14.9. The van der Waals surface area contributed by atoms with Crippen LogP contribution in [0.25, 0.3) is 0 Å². The third-order valence-electron chi connectivity index (χ3n) is 4.90. The second-order valence-electron chi connectivity index (χ2n) is 6.93. The first-order valence-electron chi connectivity index (χ1n) is 9.72. The first kappa shape index (κ1) is 20.5. The monoisotopic (exact) mass is 451 g/mol. The average molecular weight is 453 g/mol. The molecule has 1 fully saturated rings. The maximum Gasteiger partial charge on any atom is 0.175 e. The first-order valence-corrected chi connectivity index (χ1v) is 10.9. The molecule has 5 heteroatoms. The van der Waals surface area contributed by atoms with Crippen LogP contribution in [-0.4, -0.2) is 12.6 Å². The SMILES string of the molecule is CCOc1cc(CNC2CCCCC2)cc(Br)c1OCc1ccccc1Cl. The third-order valence-corrected chi connectivity index (χ3v) is 5.86. The van der Waals surface area contributed by atoms with Crippen LogP contribution in [0.1, 0.15) is 50.2 Å². The number of halogens is 2. The molecule has 0 saturated heterocycles. The molecule has 2 aromatic carbocycles. The highest BCUT2D eigenvalue weighted by Crippen LogP contribution is 2.38. The summed E-state index contributed by atoms with van der Waals surface area (Å²) in [7, 11) is 0. The fourth-order valence-corrected chi connectivity index (χ4v) is 4.25. The van der Waals surface area contributed by atoms with E-state index in [1.54, 1.807) is 0 Å². The average Bonchev–Trinajstić information content (AvgIpc) is 2.68.